The number of nitrogens with zero attached hydrogens (tertiary/aromatic N) is 5. The van der Waals surface area contributed by atoms with Gasteiger partial charge in [0.25, 0.3) is 0 Å². The first kappa shape index (κ1) is 22.5. The lowest BCUT2D eigenvalue weighted by Crippen LogP contribution is -2.48. The molecule has 3 aromatic heterocycles. The summed E-state index contributed by atoms with van der Waals surface area (Å²) in [5.74, 6) is 0.871. The number of pyridine rings is 2. The highest BCUT2D eigenvalue weighted by molar-refractivity contribution is 6.34. The zero-order valence-corrected chi connectivity index (χ0v) is 20.0. The van der Waals surface area contributed by atoms with Crippen molar-refractivity contribution in [1.82, 2.24) is 24.8 Å². The average molecular weight is 483 g/mol. The number of aromatic nitrogens is 3. The Hall–Kier alpha value is -3.33. The van der Waals surface area contributed by atoms with Gasteiger partial charge in [0.1, 0.15) is 17.4 Å². The molecule has 1 N–H and O–H groups in total. The van der Waals surface area contributed by atoms with Crippen LogP contribution in [0.5, 0.6) is 5.75 Å². The normalized spacial score (nSPS) is 19.4. The smallest absolute Gasteiger partial charge is 0.220 e. The van der Waals surface area contributed by atoms with Gasteiger partial charge in [-0.2, -0.15) is 5.10 Å². The summed E-state index contributed by atoms with van der Waals surface area (Å²) in [7, 11) is 0. The molecule has 5 rings (SSSR count). The van der Waals surface area contributed by atoms with Gasteiger partial charge in [0.05, 0.1) is 28.8 Å². The van der Waals surface area contributed by atoms with Gasteiger partial charge in [0.2, 0.25) is 11.8 Å². The molecule has 34 heavy (non-hydrogen) atoms. The molecule has 0 saturated carbocycles. The van der Waals surface area contributed by atoms with Crippen molar-refractivity contribution < 1.29 is 14.3 Å². The first-order chi connectivity index (χ1) is 16.4. The quantitative estimate of drug-likeness (QED) is 0.601. The number of anilines is 1. The van der Waals surface area contributed by atoms with Gasteiger partial charge in [0, 0.05) is 63.7 Å². The monoisotopic (exact) mass is 482 g/mol. The number of carbonyl (C=O) groups excluding carboxylic acids is 2. The maximum Gasteiger partial charge on any atom is 0.220 e. The Morgan fingerprint density at radius 2 is 2.03 bits per heavy atom. The van der Waals surface area contributed by atoms with Crippen molar-refractivity contribution in [3.8, 4) is 17.0 Å². The van der Waals surface area contributed by atoms with Gasteiger partial charge >= 0.3 is 0 Å². The summed E-state index contributed by atoms with van der Waals surface area (Å²) in [5, 5.41) is 7.73. The zero-order chi connectivity index (χ0) is 23.8. The minimum atomic E-state index is -0.173. The molecule has 0 aliphatic carbocycles. The minimum Gasteiger partial charge on any atom is -0.488 e. The molecule has 2 amide bonds. The van der Waals surface area contributed by atoms with Crippen LogP contribution >= 0.6 is 11.6 Å². The van der Waals surface area contributed by atoms with Crippen molar-refractivity contribution in [2.24, 2.45) is 5.92 Å². The third kappa shape index (κ3) is 4.40. The lowest BCUT2D eigenvalue weighted by atomic mass is 10.0. The number of amides is 2. The summed E-state index contributed by atoms with van der Waals surface area (Å²) >= 11 is 6.40. The van der Waals surface area contributed by atoms with Gasteiger partial charge in [-0.1, -0.05) is 11.6 Å². The third-order valence-electron chi connectivity index (χ3n) is 6.65. The fourth-order valence-electron chi connectivity index (χ4n) is 4.56. The van der Waals surface area contributed by atoms with Crippen molar-refractivity contribution in [2.75, 3.05) is 37.6 Å². The number of piperazine rings is 1. The van der Waals surface area contributed by atoms with Crippen molar-refractivity contribution in [2.45, 2.75) is 26.4 Å². The van der Waals surface area contributed by atoms with Gasteiger partial charge in [-0.05, 0) is 25.1 Å². The molecular formula is C24H27ClN6O3. The summed E-state index contributed by atoms with van der Waals surface area (Å²) < 4.78 is 8.01. The molecule has 2 aliphatic heterocycles. The first-order valence-electron chi connectivity index (χ1n) is 11.5. The van der Waals surface area contributed by atoms with Crippen LogP contribution in [0.4, 0.5) is 5.69 Å². The number of hydrogen-bond donors (Lipinski definition) is 1. The molecule has 0 bridgehead atoms. The van der Waals surface area contributed by atoms with Crippen LogP contribution in [0.15, 0.2) is 36.8 Å². The summed E-state index contributed by atoms with van der Waals surface area (Å²) in [5.41, 5.74) is 3.35. The molecular weight excluding hydrogens is 456 g/mol. The Morgan fingerprint density at radius 3 is 2.68 bits per heavy atom. The molecule has 3 aromatic rings. The fourth-order valence-corrected chi connectivity index (χ4v) is 4.78. The molecule has 178 valence electrons. The van der Waals surface area contributed by atoms with E-state index in [1.165, 1.54) is 0 Å². The topological polar surface area (TPSA) is 92.1 Å². The van der Waals surface area contributed by atoms with Crippen molar-refractivity contribution in [3.05, 3.63) is 41.8 Å². The Morgan fingerprint density at radius 1 is 1.24 bits per heavy atom. The molecule has 2 saturated heterocycles. The van der Waals surface area contributed by atoms with E-state index in [0.717, 1.165) is 43.1 Å². The van der Waals surface area contributed by atoms with Crippen molar-refractivity contribution in [1.29, 1.82) is 0 Å². The van der Waals surface area contributed by atoms with Gasteiger partial charge in [-0.3, -0.25) is 14.6 Å². The highest BCUT2D eigenvalue weighted by Crippen LogP contribution is 2.34. The SMILES string of the molecule is CC(=O)N1CCN(c2ccc(-c3cc(O[C@H](C)C4CNC(=O)C4)c4c(Cl)cnn4c3)nc2)CC1. The van der Waals surface area contributed by atoms with E-state index in [1.54, 1.807) is 17.6 Å². The Kier molecular flexibility index (Phi) is 6.03. The molecule has 0 spiro atoms. The largest absolute Gasteiger partial charge is 0.488 e. The highest BCUT2D eigenvalue weighted by atomic mass is 35.5. The van der Waals surface area contributed by atoms with Crippen molar-refractivity contribution >= 4 is 34.6 Å². The second kappa shape index (κ2) is 9.13. The van der Waals surface area contributed by atoms with Gasteiger partial charge in [0.15, 0.2) is 0 Å². The maximum absolute atomic E-state index is 11.6. The molecule has 2 fully saturated rings. The van der Waals surface area contributed by atoms with Crippen molar-refractivity contribution in [3.63, 3.8) is 0 Å². The van der Waals surface area contributed by atoms with Gasteiger partial charge in [-0.15, -0.1) is 0 Å². The molecule has 2 aliphatic rings. The number of carbonyl (C=O) groups is 2. The lowest BCUT2D eigenvalue weighted by molar-refractivity contribution is -0.129. The first-order valence-corrected chi connectivity index (χ1v) is 11.8. The molecule has 5 heterocycles. The molecule has 2 atom stereocenters. The van der Waals surface area contributed by atoms with E-state index in [0.29, 0.717) is 29.3 Å². The predicted molar refractivity (Wildman–Crippen MR) is 129 cm³/mol. The van der Waals surface area contributed by atoms with E-state index in [1.807, 2.05) is 42.4 Å². The van der Waals surface area contributed by atoms with E-state index >= 15 is 0 Å². The van der Waals surface area contributed by atoms with E-state index in [9.17, 15) is 9.59 Å². The standard InChI is InChI=1S/C24H27ClN6O3/c1-15(17-10-23(33)27-11-17)34-22-9-18(14-31-24(22)20(25)13-28-31)21-4-3-19(12-26-21)30-7-5-29(6-8-30)16(2)32/h3-4,9,12-15,17H,5-8,10-11H2,1-2H3,(H,27,33)/t15-,17?/m1/s1. The number of ether oxygens (including phenoxy) is 1. The third-order valence-corrected chi connectivity index (χ3v) is 6.93. The number of hydrogen-bond acceptors (Lipinski definition) is 6. The van der Waals surface area contributed by atoms with E-state index < -0.39 is 0 Å². The minimum absolute atomic E-state index is 0.0497. The summed E-state index contributed by atoms with van der Waals surface area (Å²) in [6.45, 7) is 7.19. The predicted octanol–water partition coefficient (Wildman–Crippen LogP) is 2.62. The molecule has 0 radical (unpaired) electrons. The number of rotatable bonds is 5. The van der Waals surface area contributed by atoms with E-state index in [2.05, 4.69) is 15.3 Å². The zero-order valence-electron chi connectivity index (χ0n) is 19.2. The highest BCUT2D eigenvalue weighted by Gasteiger charge is 2.29. The summed E-state index contributed by atoms with van der Waals surface area (Å²) in [4.78, 5) is 32.0. The Labute approximate surface area is 202 Å². The summed E-state index contributed by atoms with van der Waals surface area (Å²) in [6.07, 6.45) is 5.61. The average Bonchev–Trinajstić information content (AvgIpc) is 3.45. The maximum atomic E-state index is 11.6. The van der Waals surface area contributed by atoms with Crippen LogP contribution < -0.4 is 15.0 Å². The van der Waals surface area contributed by atoms with Crippen LogP contribution in [0.2, 0.25) is 5.02 Å². The van der Waals surface area contributed by atoms with Gasteiger partial charge in [-0.25, -0.2) is 4.52 Å². The molecule has 1 unspecified atom stereocenters. The van der Waals surface area contributed by atoms with E-state index in [4.69, 9.17) is 21.3 Å². The second-order valence-corrected chi connectivity index (χ2v) is 9.27. The number of nitrogens with one attached hydrogen (secondary N) is 1. The van der Waals surface area contributed by atoms with Crippen LogP contribution in [0.3, 0.4) is 0 Å². The number of fused-ring (bicyclic) bond motifs is 1. The summed E-state index contributed by atoms with van der Waals surface area (Å²) in [6, 6.07) is 5.95. The van der Waals surface area contributed by atoms with Crippen LogP contribution in [-0.4, -0.2) is 70.1 Å². The molecule has 10 heteroatoms. The van der Waals surface area contributed by atoms with Gasteiger partial charge < -0.3 is 19.9 Å². The van der Waals surface area contributed by atoms with Crippen LogP contribution in [-0.2, 0) is 9.59 Å². The Balaban J connectivity index is 1.38. The Bertz CT molecular complexity index is 1220. The lowest BCUT2D eigenvalue weighted by Gasteiger charge is -2.35. The second-order valence-electron chi connectivity index (χ2n) is 8.86. The molecule has 9 nitrogen and oxygen atoms in total. The van der Waals surface area contributed by atoms with E-state index in [-0.39, 0.29) is 23.8 Å². The van der Waals surface area contributed by atoms with Crippen LogP contribution in [0, 0.1) is 5.92 Å². The molecule has 0 aromatic carbocycles. The number of halogens is 1. The fraction of sp³-hybridized carbons (Fsp3) is 0.417. The van der Waals surface area contributed by atoms with Crippen LogP contribution in [0.1, 0.15) is 20.3 Å². The van der Waals surface area contributed by atoms with Crippen LogP contribution in [0.25, 0.3) is 16.8 Å².